The Morgan fingerprint density at radius 2 is 2.19 bits per heavy atom. The van der Waals surface area contributed by atoms with Gasteiger partial charge in [-0.2, -0.15) is 0 Å². The molecule has 94 valence electrons. The van der Waals surface area contributed by atoms with E-state index in [0.717, 1.165) is 6.42 Å². The van der Waals surface area contributed by atoms with Gasteiger partial charge in [-0.05, 0) is 25.7 Å². The molecule has 0 aromatic rings. The lowest BCUT2D eigenvalue weighted by Gasteiger charge is -2.38. The van der Waals surface area contributed by atoms with E-state index in [0.29, 0.717) is 32.3 Å². The Kier molecular flexibility index (Phi) is 4.74. The van der Waals surface area contributed by atoms with Crippen LogP contribution in [0.5, 0.6) is 0 Å². The molecule has 0 radical (unpaired) electrons. The zero-order valence-corrected chi connectivity index (χ0v) is 10.1. The number of carboxylic acid groups (broad SMARTS) is 1. The van der Waals surface area contributed by atoms with Gasteiger partial charge >= 0.3 is 5.97 Å². The van der Waals surface area contributed by atoms with E-state index in [1.54, 1.807) is 0 Å². The summed E-state index contributed by atoms with van der Waals surface area (Å²) in [6, 6.07) is 0. The number of hydrogen-bond donors (Lipinski definition) is 2. The predicted molar refractivity (Wildman–Crippen MR) is 60.2 cm³/mol. The minimum absolute atomic E-state index is 0.0986. The lowest BCUT2D eigenvalue weighted by Crippen LogP contribution is -2.49. The highest BCUT2D eigenvalue weighted by molar-refractivity contribution is 5.77. The molecule has 1 rings (SSSR count). The van der Waals surface area contributed by atoms with Crippen molar-refractivity contribution in [1.82, 2.24) is 0 Å². The number of rotatable bonds is 5. The molecule has 16 heavy (non-hydrogen) atoms. The number of ether oxygens (including phenoxy) is 1. The second kappa shape index (κ2) is 5.64. The van der Waals surface area contributed by atoms with Crippen molar-refractivity contribution in [3.8, 4) is 0 Å². The average molecular weight is 230 g/mol. The molecule has 4 nitrogen and oxygen atoms in total. The first-order valence-electron chi connectivity index (χ1n) is 6.12. The maximum atomic E-state index is 11.2. The van der Waals surface area contributed by atoms with E-state index in [4.69, 9.17) is 4.74 Å². The number of aliphatic carboxylic acids is 1. The van der Waals surface area contributed by atoms with Crippen LogP contribution >= 0.6 is 0 Å². The molecule has 1 saturated heterocycles. The molecule has 0 amide bonds. The molecule has 0 bridgehead atoms. The summed E-state index contributed by atoms with van der Waals surface area (Å²) in [4.78, 5) is 11.2. The first-order valence-corrected chi connectivity index (χ1v) is 6.12. The molecular formula is C12H22O4. The first-order chi connectivity index (χ1) is 7.54. The molecule has 3 unspecified atom stereocenters. The van der Waals surface area contributed by atoms with Crippen LogP contribution in [0, 0.1) is 5.92 Å². The van der Waals surface area contributed by atoms with Crippen molar-refractivity contribution in [1.29, 1.82) is 0 Å². The number of carboxylic acids is 1. The summed E-state index contributed by atoms with van der Waals surface area (Å²) in [7, 11) is 0. The highest BCUT2D eigenvalue weighted by Gasteiger charge is 2.45. The normalized spacial score (nSPS) is 29.7. The van der Waals surface area contributed by atoms with Gasteiger partial charge < -0.3 is 14.9 Å². The van der Waals surface area contributed by atoms with E-state index >= 15 is 0 Å². The van der Waals surface area contributed by atoms with Gasteiger partial charge in [0.25, 0.3) is 0 Å². The quantitative estimate of drug-likeness (QED) is 0.756. The third-order valence-electron chi connectivity index (χ3n) is 3.50. The summed E-state index contributed by atoms with van der Waals surface area (Å²) < 4.78 is 5.51. The molecule has 4 heteroatoms. The maximum absolute atomic E-state index is 11.2. The Bertz CT molecular complexity index is 241. The molecule has 0 spiro atoms. The minimum atomic E-state index is -1.56. The molecule has 0 aromatic heterocycles. The molecule has 1 heterocycles. The van der Waals surface area contributed by atoms with Gasteiger partial charge in [0, 0.05) is 12.5 Å². The van der Waals surface area contributed by atoms with Crippen LogP contribution in [0.4, 0.5) is 0 Å². The van der Waals surface area contributed by atoms with Crippen LogP contribution in [-0.2, 0) is 9.53 Å². The van der Waals surface area contributed by atoms with Gasteiger partial charge in [-0.3, -0.25) is 0 Å². The van der Waals surface area contributed by atoms with Gasteiger partial charge in [0.2, 0.25) is 0 Å². The van der Waals surface area contributed by atoms with Crippen molar-refractivity contribution in [2.75, 3.05) is 6.61 Å². The number of aliphatic hydroxyl groups is 1. The van der Waals surface area contributed by atoms with Crippen molar-refractivity contribution in [3.05, 3.63) is 0 Å². The monoisotopic (exact) mass is 230 g/mol. The predicted octanol–water partition coefficient (Wildman–Crippen LogP) is 1.81. The molecule has 1 fully saturated rings. The Morgan fingerprint density at radius 1 is 1.50 bits per heavy atom. The third kappa shape index (κ3) is 2.74. The Morgan fingerprint density at radius 3 is 2.69 bits per heavy atom. The standard InChI is InChI=1S/C12H22O4/c1-3-6-12(15,11(13)14)9-5-7-16-10(4-2)8-9/h9-10,15H,3-8H2,1-2H3,(H,13,14). The third-order valence-corrected chi connectivity index (χ3v) is 3.50. The summed E-state index contributed by atoms with van der Waals surface area (Å²) >= 11 is 0. The number of carbonyl (C=O) groups is 1. The summed E-state index contributed by atoms with van der Waals surface area (Å²) in [5.41, 5.74) is -1.56. The van der Waals surface area contributed by atoms with Gasteiger partial charge in [-0.1, -0.05) is 20.3 Å². The molecule has 0 saturated carbocycles. The lowest BCUT2D eigenvalue weighted by molar-refractivity contribution is -0.173. The Labute approximate surface area is 96.6 Å². The fourth-order valence-corrected chi connectivity index (χ4v) is 2.47. The van der Waals surface area contributed by atoms with E-state index in [1.807, 2.05) is 13.8 Å². The van der Waals surface area contributed by atoms with E-state index < -0.39 is 11.6 Å². The first kappa shape index (κ1) is 13.5. The molecular weight excluding hydrogens is 208 g/mol. The molecule has 1 aliphatic heterocycles. The summed E-state index contributed by atoms with van der Waals surface area (Å²) in [5.74, 6) is -1.26. The van der Waals surface area contributed by atoms with Crippen LogP contribution in [0.3, 0.4) is 0 Å². The second-order valence-electron chi connectivity index (χ2n) is 4.60. The van der Waals surface area contributed by atoms with Gasteiger partial charge in [0.1, 0.15) is 0 Å². The molecule has 0 aromatic carbocycles. The highest BCUT2D eigenvalue weighted by Crippen LogP contribution is 2.34. The van der Waals surface area contributed by atoms with Crippen LogP contribution in [0.1, 0.15) is 46.0 Å². The molecule has 1 aliphatic rings. The fourth-order valence-electron chi connectivity index (χ4n) is 2.47. The zero-order chi connectivity index (χ0) is 12.2. The number of hydrogen-bond acceptors (Lipinski definition) is 3. The van der Waals surface area contributed by atoms with Gasteiger partial charge in [0.15, 0.2) is 5.60 Å². The SMILES string of the molecule is CCCC(O)(C(=O)O)C1CCOC(CC)C1. The zero-order valence-electron chi connectivity index (χ0n) is 10.1. The van der Waals surface area contributed by atoms with Gasteiger partial charge in [-0.15, -0.1) is 0 Å². The molecule has 3 atom stereocenters. The summed E-state index contributed by atoms with van der Waals surface area (Å²) in [6.07, 6.45) is 3.26. The van der Waals surface area contributed by atoms with Crippen LogP contribution in [-0.4, -0.2) is 34.5 Å². The molecule has 0 aliphatic carbocycles. The van der Waals surface area contributed by atoms with Crippen LogP contribution < -0.4 is 0 Å². The van der Waals surface area contributed by atoms with Crippen molar-refractivity contribution >= 4 is 5.97 Å². The largest absolute Gasteiger partial charge is 0.479 e. The van der Waals surface area contributed by atoms with E-state index in [9.17, 15) is 15.0 Å². The van der Waals surface area contributed by atoms with Crippen molar-refractivity contribution < 1.29 is 19.7 Å². The lowest BCUT2D eigenvalue weighted by atomic mass is 9.77. The van der Waals surface area contributed by atoms with Crippen LogP contribution in [0.25, 0.3) is 0 Å². The summed E-state index contributed by atoms with van der Waals surface area (Å²) in [5, 5.41) is 19.5. The fraction of sp³-hybridized carbons (Fsp3) is 0.917. The summed E-state index contributed by atoms with van der Waals surface area (Å²) in [6.45, 7) is 4.47. The van der Waals surface area contributed by atoms with Gasteiger partial charge in [0.05, 0.1) is 6.10 Å². The second-order valence-corrected chi connectivity index (χ2v) is 4.60. The average Bonchev–Trinajstić information content (AvgIpc) is 2.29. The van der Waals surface area contributed by atoms with E-state index in [2.05, 4.69) is 0 Å². The Hall–Kier alpha value is -0.610. The Balaban J connectivity index is 2.74. The van der Waals surface area contributed by atoms with Crippen LogP contribution in [0.2, 0.25) is 0 Å². The van der Waals surface area contributed by atoms with Crippen molar-refractivity contribution in [3.63, 3.8) is 0 Å². The smallest absolute Gasteiger partial charge is 0.335 e. The topological polar surface area (TPSA) is 66.8 Å². The van der Waals surface area contributed by atoms with Crippen LogP contribution in [0.15, 0.2) is 0 Å². The van der Waals surface area contributed by atoms with E-state index in [1.165, 1.54) is 0 Å². The maximum Gasteiger partial charge on any atom is 0.335 e. The van der Waals surface area contributed by atoms with Crippen molar-refractivity contribution in [2.24, 2.45) is 5.92 Å². The minimum Gasteiger partial charge on any atom is -0.479 e. The molecule has 2 N–H and O–H groups in total. The van der Waals surface area contributed by atoms with Gasteiger partial charge in [-0.25, -0.2) is 4.79 Å². The van der Waals surface area contributed by atoms with E-state index in [-0.39, 0.29) is 12.0 Å². The highest BCUT2D eigenvalue weighted by atomic mass is 16.5. The van der Waals surface area contributed by atoms with Crippen molar-refractivity contribution in [2.45, 2.75) is 57.7 Å².